The number of para-hydroxylation sites is 1. The van der Waals surface area contributed by atoms with E-state index in [0.29, 0.717) is 10.8 Å². The highest BCUT2D eigenvalue weighted by Gasteiger charge is 2.17. The van der Waals surface area contributed by atoms with Gasteiger partial charge in [-0.25, -0.2) is 4.98 Å². The molecule has 1 unspecified atom stereocenters. The van der Waals surface area contributed by atoms with Crippen LogP contribution in [0.5, 0.6) is 5.75 Å². The fourth-order valence-corrected chi connectivity index (χ4v) is 2.54. The Morgan fingerprint density at radius 3 is 2.86 bits per heavy atom. The van der Waals surface area contributed by atoms with Gasteiger partial charge < -0.3 is 15.8 Å². The second kappa shape index (κ2) is 7.29. The molecule has 2 aromatic rings. The van der Waals surface area contributed by atoms with Gasteiger partial charge in [-0.3, -0.25) is 0 Å². The second-order valence-corrected chi connectivity index (χ2v) is 5.19. The molecule has 1 aromatic heterocycles. The molecule has 112 valence electrons. The van der Waals surface area contributed by atoms with E-state index in [9.17, 15) is 0 Å². The zero-order chi connectivity index (χ0) is 15.2. The average Bonchev–Trinajstić information content (AvgIpc) is 2.50. The Bertz CT molecular complexity index is 604. The topological polar surface area (TPSA) is 60.2 Å². The molecule has 0 saturated heterocycles. The first-order valence-corrected chi connectivity index (χ1v) is 7.29. The highest BCUT2D eigenvalue weighted by atomic mass is 35.5. The largest absolute Gasteiger partial charge is 0.496 e. The number of benzene rings is 1. The number of nitrogens with one attached hydrogen (secondary N) is 1. The minimum Gasteiger partial charge on any atom is -0.496 e. The molecule has 1 aromatic carbocycles. The van der Waals surface area contributed by atoms with Crippen LogP contribution in [-0.4, -0.2) is 18.6 Å². The van der Waals surface area contributed by atoms with Gasteiger partial charge in [0.05, 0.1) is 12.1 Å². The summed E-state index contributed by atoms with van der Waals surface area (Å²) in [5, 5.41) is 4.02. The number of nitrogens with two attached hydrogens (primary N) is 1. The van der Waals surface area contributed by atoms with Gasteiger partial charge in [-0.05, 0) is 30.7 Å². The quantitative estimate of drug-likeness (QED) is 0.860. The van der Waals surface area contributed by atoms with E-state index in [0.717, 1.165) is 29.8 Å². The summed E-state index contributed by atoms with van der Waals surface area (Å²) in [7, 11) is 1.68. The van der Waals surface area contributed by atoms with E-state index in [2.05, 4.69) is 23.3 Å². The lowest BCUT2D eigenvalue weighted by Crippen LogP contribution is -2.24. The Morgan fingerprint density at radius 2 is 2.14 bits per heavy atom. The van der Waals surface area contributed by atoms with E-state index in [-0.39, 0.29) is 6.04 Å². The molecule has 0 saturated carbocycles. The summed E-state index contributed by atoms with van der Waals surface area (Å²) >= 11 is 6.05. The number of likely N-dealkylation sites (N-methyl/N-ethyl adjacent to an activating group) is 1. The van der Waals surface area contributed by atoms with Crippen LogP contribution in [0, 0.1) is 0 Å². The summed E-state index contributed by atoms with van der Waals surface area (Å²) in [6.07, 6.45) is 2.32. The van der Waals surface area contributed by atoms with Crippen LogP contribution < -0.4 is 15.8 Å². The number of hydrogen-bond donors (Lipinski definition) is 2. The number of nitrogens with zero attached hydrogens (tertiary/aromatic N) is 1. The van der Waals surface area contributed by atoms with Gasteiger partial charge >= 0.3 is 0 Å². The van der Waals surface area contributed by atoms with Crippen molar-refractivity contribution in [2.45, 2.75) is 19.4 Å². The number of aromatic nitrogens is 1. The van der Waals surface area contributed by atoms with Crippen LogP contribution in [-0.2, 0) is 6.42 Å². The minimum absolute atomic E-state index is 0.0394. The average molecular weight is 306 g/mol. The molecular weight excluding hydrogens is 286 g/mol. The summed E-state index contributed by atoms with van der Waals surface area (Å²) < 4.78 is 5.41. The first kappa shape index (κ1) is 15.6. The zero-order valence-electron chi connectivity index (χ0n) is 12.3. The van der Waals surface area contributed by atoms with Crippen molar-refractivity contribution >= 4 is 17.4 Å². The van der Waals surface area contributed by atoms with Crippen molar-refractivity contribution < 1.29 is 4.74 Å². The van der Waals surface area contributed by atoms with Crippen molar-refractivity contribution in [3.8, 4) is 5.75 Å². The Hall–Kier alpha value is -1.78. The smallest absolute Gasteiger partial charge is 0.128 e. The maximum atomic E-state index is 6.05. The maximum absolute atomic E-state index is 6.05. The molecule has 2 rings (SSSR count). The highest BCUT2D eigenvalue weighted by Crippen LogP contribution is 2.28. The normalized spacial score (nSPS) is 12.1. The lowest BCUT2D eigenvalue weighted by molar-refractivity contribution is 0.405. The molecule has 3 N–H and O–H groups in total. The number of methoxy groups -OCH3 is 1. The zero-order valence-corrected chi connectivity index (χ0v) is 13.0. The van der Waals surface area contributed by atoms with Crippen LogP contribution in [0.4, 0.5) is 5.82 Å². The standard InChI is InChI=1S/C16H20ClN3O/c1-3-19-14(13-9-12(17)10-20-16(13)18)8-11-6-4-5-7-15(11)21-2/h4-7,9-10,14,19H,3,8H2,1-2H3,(H2,18,20). The molecule has 0 aliphatic carbocycles. The van der Waals surface area contributed by atoms with Crippen molar-refractivity contribution in [3.63, 3.8) is 0 Å². The molecule has 0 fully saturated rings. The number of pyridine rings is 1. The molecule has 4 nitrogen and oxygen atoms in total. The number of ether oxygens (including phenoxy) is 1. The number of anilines is 1. The van der Waals surface area contributed by atoms with Gasteiger partial charge in [0, 0.05) is 17.8 Å². The van der Waals surface area contributed by atoms with Crippen molar-refractivity contribution in [3.05, 3.63) is 52.7 Å². The molecule has 0 bridgehead atoms. The van der Waals surface area contributed by atoms with E-state index in [1.54, 1.807) is 13.3 Å². The molecule has 1 atom stereocenters. The van der Waals surface area contributed by atoms with Gasteiger partial charge in [-0.1, -0.05) is 36.7 Å². The third kappa shape index (κ3) is 3.86. The van der Waals surface area contributed by atoms with Crippen molar-refractivity contribution in [2.75, 3.05) is 19.4 Å². The van der Waals surface area contributed by atoms with Crippen LogP contribution in [0.2, 0.25) is 5.02 Å². The van der Waals surface area contributed by atoms with E-state index in [1.165, 1.54) is 0 Å². The monoisotopic (exact) mass is 305 g/mol. The van der Waals surface area contributed by atoms with Crippen molar-refractivity contribution in [1.82, 2.24) is 10.3 Å². The second-order valence-electron chi connectivity index (χ2n) is 4.75. The third-order valence-electron chi connectivity index (χ3n) is 3.36. The minimum atomic E-state index is 0.0394. The predicted molar refractivity (Wildman–Crippen MR) is 86.8 cm³/mol. The lowest BCUT2D eigenvalue weighted by Gasteiger charge is -2.21. The predicted octanol–water partition coefficient (Wildman–Crippen LogP) is 3.22. The lowest BCUT2D eigenvalue weighted by atomic mass is 9.98. The third-order valence-corrected chi connectivity index (χ3v) is 3.57. The summed E-state index contributed by atoms with van der Waals surface area (Å²) in [4.78, 5) is 4.14. The molecule has 21 heavy (non-hydrogen) atoms. The molecular formula is C16H20ClN3O. The Morgan fingerprint density at radius 1 is 1.38 bits per heavy atom. The molecule has 0 aliphatic heterocycles. The number of hydrogen-bond acceptors (Lipinski definition) is 4. The summed E-state index contributed by atoms with van der Waals surface area (Å²) in [6, 6.07) is 9.87. The van der Waals surface area contributed by atoms with E-state index in [1.807, 2.05) is 24.3 Å². The molecule has 0 spiro atoms. The van der Waals surface area contributed by atoms with Gasteiger partial charge in [-0.15, -0.1) is 0 Å². The Labute approximate surface area is 130 Å². The number of halogens is 1. The summed E-state index contributed by atoms with van der Waals surface area (Å²) in [6.45, 7) is 2.88. The first-order chi connectivity index (χ1) is 10.2. The van der Waals surface area contributed by atoms with Gasteiger partial charge in [0.1, 0.15) is 11.6 Å². The molecule has 0 radical (unpaired) electrons. The number of rotatable bonds is 6. The van der Waals surface area contributed by atoms with E-state index >= 15 is 0 Å². The van der Waals surface area contributed by atoms with E-state index in [4.69, 9.17) is 22.1 Å². The Balaban J connectivity index is 2.33. The van der Waals surface area contributed by atoms with Crippen LogP contribution in [0.3, 0.4) is 0 Å². The fourth-order valence-electron chi connectivity index (χ4n) is 2.37. The molecule has 0 aliphatic rings. The van der Waals surface area contributed by atoms with Crippen molar-refractivity contribution in [2.24, 2.45) is 0 Å². The summed E-state index contributed by atoms with van der Waals surface area (Å²) in [5.74, 6) is 1.37. The Kier molecular flexibility index (Phi) is 5.42. The van der Waals surface area contributed by atoms with Crippen LogP contribution in [0.15, 0.2) is 36.5 Å². The van der Waals surface area contributed by atoms with Gasteiger partial charge in [-0.2, -0.15) is 0 Å². The first-order valence-electron chi connectivity index (χ1n) is 6.92. The van der Waals surface area contributed by atoms with Crippen LogP contribution in [0.25, 0.3) is 0 Å². The van der Waals surface area contributed by atoms with Crippen LogP contribution >= 0.6 is 11.6 Å². The summed E-state index contributed by atoms with van der Waals surface area (Å²) in [5.41, 5.74) is 8.03. The highest BCUT2D eigenvalue weighted by molar-refractivity contribution is 6.30. The van der Waals surface area contributed by atoms with Gasteiger partial charge in [0.2, 0.25) is 0 Å². The fraction of sp³-hybridized carbons (Fsp3) is 0.312. The molecule has 0 amide bonds. The van der Waals surface area contributed by atoms with Crippen molar-refractivity contribution in [1.29, 1.82) is 0 Å². The van der Waals surface area contributed by atoms with Gasteiger partial charge in [0.15, 0.2) is 0 Å². The molecule has 5 heteroatoms. The molecule has 1 heterocycles. The van der Waals surface area contributed by atoms with Gasteiger partial charge in [0.25, 0.3) is 0 Å². The van der Waals surface area contributed by atoms with E-state index < -0.39 is 0 Å². The SMILES string of the molecule is CCNC(Cc1ccccc1OC)c1cc(Cl)cnc1N. The maximum Gasteiger partial charge on any atom is 0.128 e. The van der Waals surface area contributed by atoms with Crippen LogP contribution in [0.1, 0.15) is 24.1 Å². The number of nitrogen functional groups attached to an aromatic ring is 1.